The summed E-state index contributed by atoms with van der Waals surface area (Å²) < 4.78 is 0. The molecule has 1 aliphatic rings. The first-order chi connectivity index (χ1) is 9.20. The molecule has 0 radical (unpaired) electrons. The lowest BCUT2D eigenvalue weighted by atomic mass is 10.1. The van der Waals surface area contributed by atoms with Crippen LogP contribution in [-0.2, 0) is 0 Å². The highest BCUT2D eigenvalue weighted by atomic mass is 16.3. The molecule has 0 aliphatic carbocycles. The molecule has 4 N–H and O–H groups in total. The van der Waals surface area contributed by atoms with Crippen LogP contribution in [0.1, 0.15) is 23.2 Å². The Balaban J connectivity index is 2.06. The first-order valence-corrected chi connectivity index (χ1v) is 6.70. The smallest absolute Gasteiger partial charge is 0.248 e. The number of primary amides is 1. The minimum atomic E-state index is -0.419. The van der Waals surface area contributed by atoms with Crippen LogP contribution >= 0.6 is 0 Å². The van der Waals surface area contributed by atoms with Crippen LogP contribution in [0.15, 0.2) is 24.3 Å². The number of carbonyl (C=O) groups excluding carboxylic acids is 1. The molecule has 19 heavy (non-hydrogen) atoms. The van der Waals surface area contributed by atoms with Crippen LogP contribution in [-0.4, -0.2) is 43.3 Å². The highest BCUT2D eigenvalue weighted by Gasteiger charge is 2.18. The monoisotopic (exact) mass is 263 g/mol. The topological polar surface area (TPSA) is 78.6 Å². The van der Waals surface area contributed by atoms with Crippen molar-refractivity contribution in [1.29, 1.82) is 0 Å². The first-order valence-electron chi connectivity index (χ1n) is 6.70. The van der Waals surface area contributed by atoms with Crippen molar-refractivity contribution in [3.8, 4) is 0 Å². The molecule has 1 aromatic carbocycles. The van der Waals surface area contributed by atoms with Gasteiger partial charge in [0, 0.05) is 30.4 Å². The molecular formula is C14H21N3O2. The number of nitrogens with two attached hydrogens (primary N) is 1. The Kier molecular flexibility index (Phi) is 4.76. The van der Waals surface area contributed by atoms with Gasteiger partial charge in [0.15, 0.2) is 0 Å². The van der Waals surface area contributed by atoms with Crippen molar-refractivity contribution < 1.29 is 9.90 Å². The Bertz CT molecular complexity index is 413. The van der Waals surface area contributed by atoms with E-state index in [4.69, 9.17) is 5.73 Å². The second kappa shape index (κ2) is 6.54. The van der Waals surface area contributed by atoms with Crippen LogP contribution in [0.2, 0.25) is 0 Å². The summed E-state index contributed by atoms with van der Waals surface area (Å²) in [6, 6.07) is 7.69. The zero-order chi connectivity index (χ0) is 13.7. The largest absolute Gasteiger partial charge is 0.395 e. The summed E-state index contributed by atoms with van der Waals surface area (Å²) in [7, 11) is 0. The van der Waals surface area contributed by atoms with Crippen LogP contribution in [0.5, 0.6) is 0 Å². The maximum Gasteiger partial charge on any atom is 0.248 e. The van der Waals surface area contributed by atoms with E-state index < -0.39 is 5.91 Å². The number of amides is 1. The maximum absolute atomic E-state index is 11.0. The molecule has 1 heterocycles. The maximum atomic E-state index is 11.0. The average molecular weight is 263 g/mol. The summed E-state index contributed by atoms with van der Waals surface area (Å²) in [5, 5.41) is 12.6. The van der Waals surface area contributed by atoms with Gasteiger partial charge in [-0.2, -0.15) is 0 Å². The van der Waals surface area contributed by atoms with E-state index in [1.807, 2.05) is 12.1 Å². The summed E-state index contributed by atoms with van der Waals surface area (Å²) >= 11 is 0. The van der Waals surface area contributed by atoms with Gasteiger partial charge in [-0.15, -0.1) is 0 Å². The standard InChI is InChI=1S/C14H21N3O2/c15-14(19)11-3-5-13(6-4-11)17(8-9-18)10-12-2-1-7-16-12/h3-6,12,16,18H,1-2,7-10H2,(H2,15,19). The van der Waals surface area contributed by atoms with Gasteiger partial charge in [-0.25, -0.2) is 0 Å². The van der Waals surface area contributed by atoms with E-state index in [1.54, 1.807) is 12.1 Å². The molecule has 0 spiro atoms. The lowest BCUT2D eigenvalue weighted by Gasteiger charge is -2.27. The van der Waals surface area contributed by atoms with E-state index in [0.717, 1.165) is 18.8 Å². The summed E-state index contributed by atoms with van der Waals surface area (Å²) in [5.74, 6) is -0.419. The fourth-order valence-corrected chi connectivity index (χ4v) is 2.46. The molecule has 1 aromatic rings. The second-order valence-electron chi connectivity index (χ2n) is 4.87. The van der Waals surface area contributed by atoms with Gasteiger partial charge in [-0.3, -0.25) is 4.79 Å². The van der Waals surface area contributed by atoms with Crippen LogP contribution in [0.4, 0.5) is 5.69 Å². The highest BCUT2D eigenvalue weighted by molar-refractivity contribution is 5.93. The molecule has 1 fully saturated rings. The molecule has 1 atom stereocenters. The van der Waals surface area contributed by atoms with Gasteiger partial charge in [0.25, 0.3) is 0 Å². The molecule has 104 valence electrons. The van der Waals surface area contributed by atoms with E-state index in [-0.39, 0.29) is 6.61 Å². The Morgan fingerprint density at radius 1 is 1.42 bits per heavy atom. The second-order valence-corrected chi connectivity index (χ2v) is 4.87. The summed E-state index contributed by atoms with van der Waals surface area (Å²) in [4.78, 5) is 13.2. The lowest BCUT2D eigenvalue weighted by molar-refractivity contribution is 0.100. The molecule has 1 saturated heterocycles. The third kappa shape index (κ3) is 3.68. The highest BCUT2D eigenvalue weighted by Crippen LogP contribution is 2.17. The minimum absolute atomic E-state index is 0.115. The molecule has 1 amide bonds. The van der Waals surface area contributed by atoms with Crippen molar-refractivity contribution in [2.24, 2.45) is 5.73 Å². The third-order valence-electron chi connectivity index (χ3n) is 3.49. The number of hydrogen-bond donors (Lipinski definition) is 3. The zero-order valence-electron chi connectivity index (χ0n) is 11.0. The number of carbonyl (C=O) groups is 1. The van der Waals surface area contributed by atoms with E-state index in [2.05, 4.69) is 10.2 Å². The van der Waals surface area contributed by atoms with Crippen LogP contribution in [0.25, 0.3) is 0 Å². The van der Waals surface area contributed by atoms with E-state index >= 15 is 0 Å². The number of nitrogens with zero attached hydrogens (tertiary/aromatic N) is 1. The van der Waals surface area contributed by atoms with Gasteiger partial charge in [0.05, 0.1) is 6.61 Å². The molecule has 2 rings (SSSR count). The van der Waals surface area contributed by atoms with Crippen LogP contribution in [0, 0.1) is 0 Å². The van der Waals surface area contributed by atoms with E-state index in [9.17, 15) is 9.90 Å². The van der Waals surface area contributed by atoms with Gasteiger partial charge in [0.1, 0.15) is 0 Å². The number of anilines is 1. The van der Waals surface area contributed by atoms with Crippen molar-refractivity contribution in [2.75, 3.05) is 31.1 Å². The fourth-order valence-electron chi connectivity index (χ4n) is 2.46. The predicted octanol–water partition coefficient (Wildman–Crippen LogP) is 0.336. The van der Waals surface area contributed by atoms with Gasteiger partial charge in [0.2, 0.25) is 5.91 Å². The number of benzene rings is 1. The van der Waals surface area contributed by atoms with E-state index in [0.29, 0.717) is 18.2 Å². The molecule has 0 aromatic heterocycles. The SMILES string of the molecule is NC(=O)c1ccc(N(CCO)CC2CCCN2)cc1. The fraction of sp³-hybridized carbons (Fsp3) is 0.500. The lowest BCUT2D eigenvalue weighted by Crippen LogP contribution is -2.39. The summed E-state index contributed by atoms with van der Waals surface area (Å²) in [6.07, 6.45) is 2.37. The normalized spacial score (nSPS) is 18.5. The Morgan fingerprint density at radius 2 is 2.16 bits per heavy atom. The van der Waals surface area contributed by atoms with Crippen molar-refractivity contribution in [3.05, 3.63) is 29.8 Å². The molecule has 0 saturated carbocycles. The molecular weight excluding hydrogens is 242 g/mol. The molecule has 1 unspecified atom stereocenters. The molecule has 5 nitrogen and oxygen atoms in total. The zero-order valence-corrected chi connectivity index (χ0v) is 11.0. The van der Waals surface area contributed by atoms with Crippen molar-refractivity contribution in [3.63, 3.8) is 0 Å². The van der Waals surface area contributed by atoms with Crippen molar-refractivity contribution in [2.45, 2.75) is 18.9 Å². The predicted molar refractivity (Wildman–Crippen MR) is 75.3 cm³/mol. The van der Waals surface area contributed by atoms with Gasteiger partial charge >= 0.3 is 0 Å². The van der Waals surface area contributed by atoms with Gasteiger partial charge in [-0.05, 0) is 43.7 Å². The average Bonchev–Trinajstić information content (AvgIpc) is 2.91. The summed E-state index contributed by atoms with van der Waals surface area (Å²) in [6.45, 7) is 2.65. The number of nitrogens with one attached hydrogen (secondary N) is 1. The Morgan fingerprint density at radius 3 is 2.68 bits per heavy atom. The van der Waals surface area contributed by atoms with Crippen molar-refractivity contribution >= 4 is 11.6 Å². The van der Waals surface area contributed by atoms with Crippen LogP contribution in [0.3, 0.4) is 0 Å². The minimum Gasteiger partial charge on any atom is -0.395 e. The Labute approximate surface area is 113 Å². The number of aliphatic hydroxyl groups is 1. The third-order valence-corrected chi connectivity index (χ3v) is 3.49. The van der Waals surface area contributed by atoms with Crippen LogP contribution < -0.4 is 16.0 Å². The quantitative estimate of drug-likeness (QED) is 0.691. The van der Waals surface area contributed by atoms with Gasteiger partial charge < -0.3 is 21.1 Å². The summed E-state index contributed by atoms with van der Waals surface area (Å²) in [5.41, 5.74) is 6.74. The first kappa shape index (κ1) is 13.8. The van der Waals surface area contributed by atoms with Crippen molar-refractivity contribution in [1.82, 2.24) is 5.32 Å². The number of hydrogen-bond acceptors (Lipinski definition) is 4. The number of aliphatic hydroxyl groups excluding tert-OH is 1. The number of rotatable bonds is 6. The molecule has 0 bridgehead atoms. The molecule has 1 aliphatic heterocycles. The van der Waals surface area contributed by atoms with Gasteiger partial charge in [-0.1, -0.05) is 0 Å². The van der Waals surface area contributed by atoms with E-state index in [1.165, 1.54) is 12.8 Å². The molecule has 5 heteroatoms. The Hall–Kier alpha value is -1.59.